The Kier molecular flexibility index (Phi) is 6.11. The first kappa shape index (κ1) is 20.5. The summed E-state index contributed by atoms with van der Waals surface area (Å²) in [6, 6.07) is 16.0. The van der Waals surface area contributed by atoms with Crippen molar-refractivity contribution < 1.29 is 14.5 Å². The third-order valence-corrected chi connectivity index (χ3v) is 6.99. The van der Waals surface area contributed by atoms with Gasteiger partial charge in [-0.05, 0) is 36.8 Å². The lowest BCUT2D eigenvalue weighted by Gasteiger charge is -2.31. The number of amides is 2. The van der Waals surface area contributed by atoms with Crippen LogP contribution >= 0.6 is 11.3 Å². The highest BCUT2D eigenvalue weighted by atomic mass is 32.1. The van der Waals surface area contributed by atoms with E-state index in [1.807, 2.05) is 49.4 Å². The van der Waals surface area contributed by atoms with Gasteiger partial charge in [-0.1, -0.05) is 24.3 Å². The molecule has 3 aromatic rings. The number of carbonyl (C=O) groups is 2. The van der Waals surface area contributed by atoms with Gasteiger partial charge in [0.15, 0.2) is 6.04 Å². The molecular weight excluding hydrogens is 396 g/mol. The fourth-order valence-electron chi connectivity index (χ4n) is 4.02. The van der Waals surface area contributed by atoms with Gasteiger partial charge >= 0.3 is 0 Å². The van der Waals surface area contributed by atoms with Gasteiger partial charge in [-0.2, -0.15) is 0 Å². The van der Waals surface area contributed by atoms with Crippen LogP contribution in [0.4, 0.5) is 5.69 Å². The van der Waals surface area contributed by atoms with Crippen LogP contribution in [-0.4, -0.2) is 35.9 Å². The fraction of sp³-hybridized carbons (Fsp3) is 0.348. The molecule has 1 fully saturated rings. The first-order chi connectivity index (χ1) is 14.5. The Hall–Kier alpha value is -2.77. The molecule has 0 unspecified atom stereocenters. The molecule has 2 aromatic carbocycles. The quantitative estimate of drug-likeness (QED) is 0.566. The van der Waals surface area contributed by atoms with Gasteiger partial charge in [-0.3, -0.25) is 9.59 Å². The molecule has 6 nitrogen and oxygen atoms in total. The second kappa shape index (κ2) is 8.93. The predicted octanol–water partition coefficient (Wildman–Crippen LogP) is 1.99. The zero-order valence-electron chi connectivity index (χ0n) is 17.1. The maximum atomic E-state index is 12.7. The van der Waals surface area contributed by atoms with E-state index < -0.39 is 0 Å². The van der Waals surface area contributed by atoms with Gasteiger partial charge in [0.1, 0.15) is 0 Å². The Labute approximate surface area is 180 Å². The number of nitrogens with one attached hydrogen (secondary N) is 2. The summed E-state index contributed by atoms with van der Waals surface area (Å²) in [7, 11) is 0. The van der Waals surface area contributed by atoms with Gasteiger partial charge in [0, 0.05) is 30.9 Å². The zero-order valence-corrected chi connectivity index (χ0v) is 17.9. The number of nitrogens with two attached hydrogens (primary N) is 1. The molecule has 4 rings (SSSR count). The first-order valence-corrected chi connectivity index (χ1v) is 11.2. The van der Waals surface area contributed by atoms with E-state index in [4.69, 9.17) is 5.73 Å². The summed E-state index contributed by atoms with van der Waals surface area (Å²) in [5.74, 6) is -0.273. The largest absolute Gasteiger partial charge is 0.369 e. The molecule has 1 atom stereocenters. The number of thiazole rings is 1. The highest BCUT2D eigenvalue weighted by Gasteiger charge is 2.32. The molecule has 1 aliphatic heterocycles. The molecule has 1 saturated heterocycles. The van der Waals surface area contributed by atoms with Gasteiger partial charge in [0.2, 0.25) is 5.91 Å². The molecule has 1 aliphatic rings. The molecule has 2 amide bonds. The summed E-state index contributed by atoms with van der Waals surface area (Å²) in [5.41, 5.74) is 8.40. The number of fused-ring (bicyclic) bond motifs is 1. The lowest BCUT2D eigenvalue weighted by atomic mass is 9.95. The number of quaternary nitrogens is 1. The summed E-state index contributed by atoms with van der Waals surface area (Å²) < 4.78 is 1.20. The van der Waals surface area contributed by atoms with E-state index in [0.717, 1.165) is 48.6 Å². The Morgan fingerprint density at radius 2 is 1.87 bits per heavy atom. The smallest absolute Gasteiger partial charge is 0.282 e. The number of aromatic nitrogens is 1. The van der Waals surface area contributed by atoms with Crippen LogP contribution in [-0.2, 0) is 16.0 Å². The van der Waals surface area contributed by atoms with Crippen molar-refractivity contribution in [1.82, 2.24) is 4.98 Å². The number of carbonyl (C=O) groups excluding carboxylic acids is 2. The van der Waals surface area contributed by atoms with E-state index in [1.165, 1.54) is 15.2 Å². The summed E-state index contributed by atoms with van der Waals surface area (Å²) in [5, 5.41) is 4.11. The Bertz CT molecular complexity index is 1010. The molecule has 0 bridgehead atoms. The van der Waals surface area contributed by atoms with Crippen LogP contribution in [0.5, 0.6) is 0 Å². The number of piperidine rings is 1. The maximum absolute atomic E-state index is 12.7. The molecular formula is C23H27N4O2S+. The molecule has 0 radical (unpaired) electrons. The van der Waals surface area contributed by atoms with Crippen LogP contribution in [0.1, 0.15) is 30.3 Å². The van der Waals surface area contributed by atoms with Crippen LogP contribution in [0.2, 0.25) is 0 Å². The Balaban J connectivity index is 1.32. The van der Waals surface area contributed by atoms with Crippen LogP contribution in [0.25, 0.3) is 10.2 Å². The van der Waals surface area contributed by atoms with E-state index in [1.54, 1.807) is 11.3 Å². The van der Waals surface area contributed by atoms with Gasteiger partial charge in [-0.15, -0.1) is 11.3 Å². The fourth-order valence-corrected chi connectivity index (χ4v) is 5.02. The van der Waals surface area contributed by atoms with Crippen molar-refractivity contribution in [1.29, 1.82) is 0 Å². The highest BCUT2D eigenvalue weighted by Crippen LogP contribution is 2.24. The minimum Gasteiger partial charge on any atom is -0.369 e. The van der Waals surface area contributed by atoms with Gasteiger partial charge < -0.3 is 16.0 Å². The molecule has 0 spiro atoms. The second-order valence-electron chi connectivity index (χ2n) is 7.99. The molecule has 0 saturated carbocycles. The summed E-state index contributed by atoms with van der Waals surface area (Å²) in [6.07, 6.45) is 2.29. The topological polar surface area (TPSA) is 89.5 Å². The van der Waals surface area contributed by atoms with Crippen LogP contribution < -0.4 is 16.0 Å². The average Bonchev–Trinajstić information content (AvgIpc) is 3.17. The summed E-state index contributed by atoms with van der Waals surface area (Å²) >= 11 is 1.72. The summed E-state index contributed by atoms with van der Waals surface area (Å²) in [4.78, 5) is 29.9. The van der Waals surface area contributed by atoms with E-state index in [2.05, 4.69) is 16.4 Å². The SMILES string of the molecule is C[C@H](C(=O)Nc1ccc(Cc2nc3ccccc3s2)cc1)[NH+]1CCC(C(N)=O)CC1. The zero-order chi connectivity index (χ0) is 21.1. The number of benzene rings is 2. The van der Waals surface area contributed by atoms with Crippen LogP contribution in [0, 0.1) is 5.92 Å². The number of rotatable bonds is 6. The number of hydrogen-bond acceptors (Lipinski definition) is 4. The minimum atomic E-state index is -0.225. The minimum absolute atomic E-state index is 0.00134. The van der Waals surface area contributed by atoms with Crippen LogP contribution in [0.3, 0.4) is 0 Å². The molecule has 30 heavy (non-hydrogen) atoms. The Morgan fingerprint density at radius 1 is 1.17 bits per heavy atom. The number of anilines is 1. The second-order valence-corrected chi connectivity index (χ2v) is 9.11. The van der Waals surface area contributed by atoms with Gasteiger partial charge in [-0.25, -0.2) is 4.98 Å². The van der Waals surface area contributed by atoms with Crippen LogP contribution in [0.15, 0.2) is 48.5 Å². The number of para-hydroxylation sites is 1. The van der Waals surface area contributed by atoms with Crippen molar-refractivity contribution in [2.24, 2.45) is 11.7 Å². The Morgan fingerprint density at radius 3 is 2.53 bits per heavy atom. The lowest BCUT2D eigenvalue weighted by Crippen LogP contribution is -3.17. The van der Waals surface area contributed by atoms with E-state index in [-0.39, 0.29) is 23.8 Å². The molecule has 4 N–H and O–H groups in total. The highest BCUT2D eigenvalue weighted by molar-refractivity contribution is 7.18. The van der Waals surface area contributed by atoms with Crippen molar-refractivity contribution in [3.8, 4) is 0 Å². The van der Waals surface area contributed by atoms with Crippen molar-refractivity contribution in [3.63, 3.8) is 0 Å². The number of likely N-dealkylation sites (tertiary alicyclic amines) is 1. The average molecular weight is 424 g/mol. The van der Waals surface area contributed by atoms with E-state index in [9.17, 15) is 9.59 Å². The van der Waals surface area contributed by atoms with Crippen molar-refractivity contribution in [2.45, 2.75) is 32.2 Å². The van der Waals surface area contributed by atoms with Crippen molar-refractivity contribution in [2.75, 3.05) is 18.4 Å². The molecule has 2 heterocycles. The van der Waals surface area contributed by atoms with Gasteiger partial charge in [0.25, 0.3) is 5.91 Å². The van der Waals surface area contributed by atoms with Crippen molar-refractivity contribution in [3.05, 3.63) is 59.1 Å². The lowest BCUT2D eigenvalue weighted by molar-refractivity contribution is -0.919. The monoisotopic (exact) mass is 423 g/mol. The van der Waals surface area contributed by atoms with E-state index >= 15 is 0 Å². The molecule has 156 valence electrons. The number of nitrogens with zero attached hydrogens (tertiary/aromatic N) is 1. The molecule has 0 aliphatic carbocycles. The predicted molar refractivity (Wildman–Crippen MR) is 120 cm³/mol. The molecule has 1 aromatic heterocycles. The summed E-state index contributed by atoms with van der Waals surface area (Å²) in [6.45, 7) is 3.53. The molecule has 7 heteroatoms. The third kappa shape index (κ3) is 4.68. The normalized spacial score (nSPS) is 20.0. The van der Waals surface area contributed by atoms with Gasteiger partial charge in [0.05, 0.1) is 28.3 Å². The number of primary amides is 1. The first-order valence-electron chi connectivity index (χ1n) is 10.4. The number of hydrogen-bond donors (Lipinski definition) is 3. The standard InChI is InChI=1S/C23H26N4O2S/c1-15(27-12-10-17(11-13-27)22(24)28)23(29)25-18-8-6-16(7-9-18)14-21-26-19-4-2-3-5-20(19)30-21/h2-9,15,17H,10-14H2,1H3,(H2,24,28)(H,25,29)/p+1/t15-/m1/s1. The van der Waals surface area contributed by atoms with E-state index in [0.29, 0.717) is 0 Å². The maximum Gasteiger partial charge on any atom is 0.282 e. The van der Waals surface area contributed by atoms with Crippen molar-refractivity contribution >= 4 is 39.1 Å². The third-order valence-electron chi connectivity index (χ3n) is 5.95.